The van der Waals surface area contributed by atoms with Gasteiger partial charge in [-0.15, -0.1) is 0 Å². The normalized spacial score (nSPS) is 11.5. The second-order valence-electron chi connectivity index (χ2n) is 5.29. The van der Waals surface area contributed by atoms with Crippen LogP contribution in [-0.4, -0.2) is 15.0 Å². The zero-order chi connectivity index (χ0) is 15.4. The molecule has 6 nitrogen and oxygen atoms in total. The molecule has 0 aliphatic rings. The lowest BCUT2D eigenvalue weighted by Gasteiger charge is -2.03. The van der Waals surface area contributed by atoms with E-state index in [1.54, 1.807) is 19.1 Å². The van der Waals surface area contributed by atoms with E-state index in [1.807, 2.05) is 13.0 Å². The standard InChI is InChI=1S/C16H11N3O3/c1-7-3-4-12-9(5-7)13(20)10-6-11-14(19-16(10)22-12)17-8(2)18-15(11)21/h3-6H,1-2H3,(H,17,18,19,21). The van der Waals surface area contributed by atoms with E-state index in [0.717, 1.165) is 5.56 Å². The van der Waals surface area contributed by atoms with Crippen molar-refractivity contribution in [2.75, 3.05) is 0 Å². The van der Waals surface area contributed by atoms with Gasteiger partial charge in [-0.25, -0.2) is 4.98 Å². The molecule has 6 heteroatoms. The summed E-state index contributed by atoms with van der Waals surface area (Å²) in [6.07, 6.45) is 0. The number of hydrogen-bond donors (Lipinski definition) is 1. The fraction of sp³-hybridized carbons (Fsp3) is 0.125. The molecule has 108 valence electrons. The first-order valence-electron chi connectivity index (χ1n) is 6.78. The van der Waals surface area contributed by atoms with Gasteiger partial charge in [0, 0.05) is 0 Å². The van der Waals surface area contributed by atoms with Gasteiger partial charge in [-0.1, -0.05) is 11.6 Å². The topological polar surface area (TPSA) is 88.8 Å². The molecule has 0 atom stereocenters. The number of H-pyrrole nitrogens is 1. The van der Waals surface area contributed by atoms with E-state index >= 15 is 0 Å². The minimum Gasteiger partial charge on any atom is -0.437 e. The first kappa shape index (κ1) is 12.7. The smallest absolute Gasteiger partial charge is 0.260 e. The molecule has 0 fully saturated rings. The van der Waals surface area contributed by atoms with Crippen LogP contribution in [0.25, 0.3) is 33.1 Å². The third kappa shape index (κ3) is 1.74. The van der Waals surface area contributed by atoms with Crippen LogP contribution in [0.5, 0.6) is 0 Å². The molecule has 0 aliphatic heterocycles. The fourth-order valence-electron chi connectivity index (χ4n) is 2.56. The number of aryl methyl sites for hydroxylation is 2. The highest BCUT2D eigenvalue weighted by atomic mass is 16.3. The predicted molar refractivity (Wildman–Crippen MR) is 83.2 cm³/mol. The molecule has 1 N–H and O–H groups in total. The molecule has 0 aliphatic carbocycles. The molecule has 0 spiro atoms. The maximum absolute atomic E-state index is 12.6. The zero-order valence-electron chi connectivity index (χ0n) is 11.9. The average molecular weight is 293 g/mol. The van der Waals surface area contributed by atoms with Gasteiger partial charge in [0.15, 0.2) is 5.65 Å². The fourth-order valence-corrected chi connectivity index (χ4v) is 2.56. The quantitative estimate of drug-likeness (QED) is 0.502. The number of pyridine rings is 1. The molecule has 0 unspecified atom stereocenters. The largest absolute Gasteiger partial charge is 0.437 e. The van der Waals surface area contributed by atoms with Gasteiger partial charge in [-0.05, 0) is 32.0 Å². The summed E-state index contributed by atoms with van der Waals surface area (Å²) in [4.78, 5) is 35.7. The number of aromatic nitrogens is 3. The van der Waals surface area contributed by atoms with Crippen molar-refractivity contribution < 1.29 is 4.42 Å². The van der Waals surface area contributed by atoms with Crippen LogP contribution in [0.3, 0.4) is 0 Å². The minimum atomic E-state index is -0.319. The lowest BCUT2D eigenvalue weighted by Crippen LogP contribution is -2.12. The van der Waals surface area contributed by atoms with Crippen molar-refractivity contribution in [3.05, 3.63) is 56.2 Å². The first-order chi connectivity index (χ1) is 10.5. The summed E-state index contributed by atoms with van der Waals surface area (Å²) in [5.41, 5.74) is 1.37. The van der Waals surface area contributed by atoms with Gasteiger partial charge in [0.2, 0.25) is 11.1 Å². The molecule has 4 rings (SSSR count). The molecule has 0 saturated carbocycles. The van der Waals surface area contributed by atoms with E-state index in [0.29, 0.717) is 16.8 Å². The highest BCUT2D eigenvalue weighted by molar-refractivity contribution is 5.93. The molecule has 3 aromatic heterocycles. The molecule has 1 aromatic carbocycles. The Morgan fingerprint density at radius 2 is 1.82 bits per heavy atom. The molecular formula is C16H11N3O3. The van der Waals surface area contributed by atoms with Crippen molar-refractivity contribution in [1.29, 1.82) is 0 Å². The Hall–Kier alpha value is -3.02. The van der Waals surface area contributed by atoms with Crippen molar-refractivity contribution >= 4 is 33.1 Å². The number of nitrogens with zero attached hydrogens (tertiary/aromatic N) is 2. The average Bonchev–Trinajstić information content (AvgIpc) is 2.47. The molecule has 0 saturated heterocycles. The Balaban J connectivity index is 2.26. The van der Waals surface area contributed by atoms with E-state index in [9.17, 15) is 9.59 Å². The van der Waals surface area contributed by atoms with Gasteiger partial charge in [-0.2, -0.15) is 4.98 Å². The van der Waals surface area contributed by atoms with Crippen LogP contribution < -0.4 is 11.0 Å². The number of fused-ring (bicyclic) bond motifs is 3. The Kier molecular flexibility index (Phi) is 2.45. The molecule has 0 amide bonds. The van der Waals surface area contributed by atoms with Crippen molar-refractivity contribution in [1.82, 2.24) is 15.0 Å². The van der Waals surface area contributed by atoms with Crippen LogP contribution in [0.15, 0.2) is 38.3 Å². The summed E-state index contributed by atoms with van der Waals surface area (Å²) in [6, 6.07) is 6.87. The summed E-state index contributed by atoms with van der Waals surface area (Å²) in [6.45, 7) is 3.57. The molecule has 22 heavy (non-hydrogen) atoms. The maximum atomic E-state index is 12.6. The molecule has 0 radical (unpaired) electrons. The van der Waals surface area contributed by atoms with Crippen LogP contribution in [-0.2, 0) is 0 Å². The Labute approximate surface area is 123 Å². The summed E-state index contributed by atoms with van der Waals surface area (Å²) >= 11 is 0. The third-order valence-corrected chi connectivity index (χ3v) is 3.61. The van der Waals surface area contributed by atoms with E-state index in [1.165, 1.54) is 6.07 Å². The first-order valence-corrected chi connectivity index (χ1v) is 6.78. The number of hydrogen-bond acceptors (Lipinski definition) is 5. The number of nitrogens with one attached hydrogen (secondary N) is 1. The SMILES string of the molecule is Cc1ccc2oc3nc4nc(C)[nH]c(=O)c4cc3c(=O)c2c1. The van der Waals surface area contributed by atoms with Crippen LogP contribution in [0.4, 0.5) is 0 Å². The van der Waals surface area contributed by atoms with Crippen molar-refractivity contribution in [3.8, 4) is 0 Å². The molecular weight excluding hydrogens is 282 g/mol. The van der Waals surface area contributed by atoms with Gasteiger partial charge < -0.3 is 9.40 Å². The third-order valence-electron chi connectivity index (χ3n) is 3.61. The van der Waals surface area contributed by atoms with Gasteiger partial charge in [0.1, 0.15) is 11.4 Å². The maximum Gasteiger partial charge on any atom is 0.260 e. The van der Waals surface area contributed by atoms with Gasteiger partial charge in [-0.3, -0.25) is 9.59 Å². The molecule has 0 bridgehead atoms. The van der Waals surface area contributed by atoms with Gasteiger partial charge >= 0.3 is 0 Å². The molecule has 3 heterocycles. The van der Waals surface area contributed by atoms with Crippen LogP contribution in [0, 0.1) is 13.8 Å². The van der Waals surface area contributed by atoms with Gasteiger partial charge in [0.05, 0.1) is 16.2 Å². The number of aromatic amines is 1. The van der Waals surface area contributed by atoms with Crippen LogP contribution in [0.2, 0.25) is 0 Å². The summed E-state index contributed by atoms with van der Waals surface area (Å²) in [5.74, 6) is 0.461. The van der Waals surface area contributed by atoms with E-state index in [2.05, 4.69) is 15.0 Å². The van der Waals surface area contributed by atoms with Crippen molar-refractivity contribution in [3.63, 3.8) is 0 Å². The second-order valence-corrected chi connectivity index (χ2v) is 5.29. The summed E-state index contributed by atoms with van der Waals surface area (Å²) in [5, 5.41) is 1.03. The number of rotatable bonds is 0. The van der Waals surface area contributed by atoms with E-state index in [4.69, 9.17) is 4.42 Å². The van der Waals surface area contributed by atoms with Crippen molar-refractivity contribution in [2.24, 2.45) is 0 Å². The molecule has 4 aromatic rings. The Morgan fingerprint density at radius 1 is 1.00 bits per heavy atom. The highest BCUT2D eigenvalue weighted by Crippen LogP contribution is 2.20. The number of benzene rings is 1. The second kappa shape index (κ2) is 4.24. The minimum absolute atomic E-state index is 0.186. The van der Waals surface area contributed by atoms with Gasteiger partial charge in [0.25, 0.3) is 5.56 Å². The summed E-state index contributed by atoms with van der Waals surface area (Å²) in [7, 11) is 0. The van der Waals surface area contributed by atoms with Crippen LogP contribution >= 0.6 is 0 Å². The zero-order valence-corrected chi connectivity index (χ0v) is 11.9. The van der Waals surface area contributed by atoms with E-state index < -0.39 is 0 Å². The Morgan fingerprint density at radius 3 is 2.64 bits per heavy atom. The monoisotopic (exact) mass is 293 g/mol. The Bertz CT molecular complexity index is 1190. The summed E-state index contributed by atoms with van der Waals surface area (Å²) < 4.78 is 5.71. The lowest BCUT2D eigenvalue weighted by molar-refractivity contribution is 0.646. The lowest BCUT2D eigenvalue weighted by atomic mass is 10.1. The van der Waals surface area contributed by atoms with E-state index in [-0.39, 0.29) is 33.1 Å². The predicted octanol–water partition coefficient (Wildman–Crippen LogP) is 2.19. The van der Waals surface area contributed by atoms with Crippen molar-refractivity contribution in [2.45, 2.75) is 13.8 Å². The highest BCUT2D eigenvalue weighted by Gasteiger charge is 2.12. The van der Waals surface area contributed by atoms with Crippen LogP contribution in [0.1, 0.15) is 11.4 Å².